The van der Waals surface area contributed by atoms with E-state index in [2.05, 4.69) is 21.7 Å². The van der Waals surface area contributed by atoms with Gasteiger partial charge >= 0.3 is 0 Å². The molecule has 5 aromatic rings. The van der Waals surface area contributed by atoms with Gasteiger partial charge in [0.2, 0.25) is 11.8 Å². The molecule has 2 amide bonds. The summed E-state index contributed by atoms with van der Waals surface area (Å²) in [4.78, 5) is 30.9. The van der Waals surface area contributed by atoms with Crippen molar-refractivity contribution in [1.29, 1.82) is 0 Å². The summed E-state index contributed by atoms with van der Waals surface area (Å²) in [5, 5.41) is 7.18. The number of aromatic amines is 1. The molecule has 0 radical (unpaired) electrons. The van der Waals surface area contributed by atoms with Crippen molar-refractivity contribution in [2.24, 2.45) is 0 Å². The second-order valence-electron chi connectivity index (χ2n) is 9.74. The molecular weight excluding hydrogens is 470 g/mol. The lowest BCUT2D eigenvalue weighted by Gasteiger charge is -2.23. The van der Waals surface area contributed by atoms with Crippen molar-refractivity contribution in [2.45, 2.75) is 32.2 Å². The molecule has 1 atom stereocenters. The van der Waals surface area contributed by atoms with Crippen molar-refractivity contribution < 1.29 is 9.59 Å². The third-order valence-electron chi connectivity index (χ3n) is 6.75. The van der Waals surface area contributed by atoms with Gasteiger partial charge in [-0.2, -0.15) is 0 Å². The third kappa shape index (κ3) is 5.68. The van der Waals surface area contributed by atoms with Crippen LogP contribution in [0.5, 0.6) is 0 Å². The van der Waals surface area contributed by atoms with Crippen LogP contribution in [-0.4, -0.2) is 22.8 Å². The molecule has 5 heteroatoms. The maximum absolute atomic E-state index is 13.9. The highest BCUT2D eigenvalue weighted by Crippen LogP contribution is 2.26. The topological polar surface area (TPSA) is 74.0 Å². The fraction of sp³-hybridized carbons (Fsp3) is 0.152. The molecule has 0 saturated heterocycles. The van der Waals surface area contributed by atoms with Gasteiger partial charge in [0, 0.05) is 29.2 Å². The molecule has 0 unspecified atom stereocenters. The molecule has 5 rings (SSSR count). The molecule has 1 aromatic heterocycles. The summed E-state index contributed by atoms with van der Waals surface area (Å²) in [5.41, 5.74) is 6.55. The number of aromatic nitrogens is 1. The zero-order chi connectivity index (χ0) is 26.5. The van der Waals surface area contributed by atoms with Crippen LogP contribution < -0.4 is 10.6 Å². The smallest absolute Gasteiger partial charge is 0.247 e. The Labute approximate surface area is 222 Å². The summed E-state index contributed by atoms with van der Waals surface area (Å²) < 4.78 is 0. The van der Waals surface area contributed by atoms with Gasteiger partial charge in [-0.3, -0.25) is 9.59 Å². The first-order valence-electron chi connectivity index (χ1n) is 12.8. The van der Waals surface area contributed by atoms with E-state index in [4.69, 9.17) is 0 Å². The lowest BCUT2D eigenvalue weighted by molar-refractivity contribution is -0.126. The predicted molar refractivity (Wildman–Crippen MR) is 153 cm³/mol. The Morgan fingerprint density at radius 2 is 1.32 bits per heavy atom. The van der Waals surface area contributed by atoms with E-state index >= 15 is 0 Å². The molecule has 0 bridgehead atoms. The van der Waals surface area contributed by atoms with Crippen LogP contribution in [0.3, 0.4) is 0 Å². The number of para-hydroxylation sites is 1. The molecule has 0 aliphatic carbocycles. The monoisotopic (exact) mass is 501 g/mol. The summed E-state index contributed by atoms with van der Waals surface area (Å²) in [6, 6.07) is 32.5. The van der Waals surface area contributed by atoms with Crippen LogP contribution in [0, 0.1) is 13.8 Å². The number of hydrogen-bond donors (Lipinski definition) is 3. The Balaban J connectivity index is 1.48. The van der Waals surface area contributed by atoms with E-state index in [1.54, 1.807) is 0 Å². The summed E-state index contributed by atoms with van der Waals surface area (Å²) in [6.07, 6.45) is 2.27. The minimum atomic E-state index is -0.780. The van der Waals surface area contributed by atoms with Crippen molar-refractivity contribution >= 4 is 28.4 Å². The van der Waals surface area contributed by atoms with Crippen molar-refractivity contribution in [1.82, 2.24) is 10.3 Å². The second kappa shape index (κ2) is 11.2. The van der Waals surface area contributed by atoms with Gasteiger partial charge in [-0.1, -0.05) is 84.9 Å². The highest BCUT2D eigenvalue weighted by molar-refractivity contribution is 5.99. The molecule has 0 aliphatic heterocycles. The minimum Gasteiger partial charge on any atom is -0.361 e. The molecule has 5 nitrogen and oxygen atoms in total. The fourth-order valence-electron chi connectivity index (χ4n) is 5.05. The standard InChI is InChI=1S/C33H31N3O2/c1-22-17-23(2)19-27(18-22)35-32(37)30(20-26-21-34-29-16-10-9-15-28(26)29)36-33(38)31(24-11-5-3-6-12-24)25-13-7-4-8-14-25/h3-19,21,30-31,34H,20H2,1-2H3,(H,35,37)(H,36,38)/t30-/m1/s1. The number of benzene rings is 4. The maximum atomic E-state index is 13.9. The van der Waals surface area contributed by atoms with E-state index in [1.807, 2.05) is 117 Å². The lowest BCUT2D eigenvalue weighted by Crippen LogP contribution is -2.47. The van der Waals surface area contributed by atoms with Crippen LogP contribution >= 0.6 is 0 Å². The van der Waals surface area contributed by atoms with Crippen molar-refractivity contribution in [2.75, 3.05) is 5.32 Å². The number of carbonyl (C=O) groups is 2. The van der Waals surface area contributed by atoms with E-state index in [0.29, 0.717) is 12.1 Å². The first kappa shape index (κ1) is 25.0. The number of hydrogen-bond acceptors (Lipinski definition) is 2. The number of anilines is 1. The Kier molecular flexibility index (Phi) is 7.36. The summed E-state index contributed by atoms with van der Waals surface area (Å²) in [5.74, 6) is -1.02. The van der Waals surface area contributed by atoms with Crippen molar-refractivity contribution in [3.63, 3.8) is 0 Å². The number of amides is 2. The molecule has 0 fully saturated rings. The maximum Gasteiger partial charge on any atom is 0.247 e. The Morgan fingerprint density at radius 1 is 0.737 bits per heavy atom. The third-order valence-corrected chi connectivity index (χ3v) is 6.75. The number of aryl methyl sites for hydroxylation is 2. The fourth-order valence-corrected chi connectivity index (χ4v) is 5.05. The summed E-state index contributed by atoms with van der Waals surface area (Å²) in [7, 11) is 0. The lowest BCUT2D eigenvalue weighted by atomic mass is 9.90. The van der Waals surface area contributed by atoms with Gasteiger partial charge in [-0.05, 0) is 59.9 Å². The van der Waals surface area contributed by atoms with E-state index in [1.165, 1.54) is 0 Å². The van der Waals surface area contributed by atoms with E-state index in [-0.39, 0.29) is 11.8 Å². The number of rotatable bonds is 8. The molecular formula is C33H31N3O2. The SMILES string of the molecule is Cc1cc(C)cc(NC(=O)[C@@H](Cc2c[nH]c3ccccc23)NC(=O)C(c2ccccc2)c2ccccc2)c1. The molecule has 190 valence electrons. The molecule has 1 heterocycles. The Morgan fingerprint density at radius 3 is 1.95 bits per heavy atom. The molecule has 0 aliphatic rings. The van der Waals surface area contributed by atoms with Gasteiger partial charge in [0.15, 0.2) is 0 Å². The van der Waals surface area contributed by atoms with E-state index < -0.39 is 12.0 Å². The molecule has 4 aromatic carbocycles. The highest BCUT2D eigenvalue weighted by Gasteiger charge is 2.29. The first-order valence-corrected chi connectivity index (χ1v) is 12.8. The minimum absolute atomic E-state index is 0.220. The molecule has 3 N–H and O–H groups in total. The van der Waals surface area contributed by atoms with Gasteiger partial charge in [0.25, 0.3) is 0 Å². The largest absolute Gasteiger partial charge is 0.361 e. The van der Waals surface area contributed by atoms with Gasteiger partial charge in [-0.25, -0.2) is 0 Å². The Hall–Kier alpha value is -4.64. The normalized spacial score (nSPS) is 11.9. The number of fused-ring (bicyclic) bond motifs is 1. The zero-order valence-electron chi connectivity index (χ0n) is 21.6. The van der Waals surface area contributed by atoms with Crippen LogP contribution in [0.15, 0.2) is 109 Å². The van der Waals surface area contributed by atoms with Crippen LogP contribution in [0.1, 0.15) is 33.7 Å². The molecule has 0 saturated carbocycles. The van der Waals surface area contributed by atoms with Gasteiger partial charge in [0.05, 0.1) is 5.92 Å². The summed E-state index contributed by atoms with van der Waals surface area (Å²) in [6.45, 7) is 4.00. The average Bonchev–Trinajstić information content (AvgIpc) is 3.32. The summed E-state index contributed by atoms with van der Waals surface area (Å²) >= 11 is 0. The van der Waals surface area contributed by atoms with E-state index in [0.717, 1.165) is 38.7 Å². The van der Waals surface area contributed by atoms with Crippen LogP contribution in [-0.2, 0) is 16.0 Å². The van der Waals surface area contributed by atoms with Gasteiger partial charge in [-0.15, -0.1) is 0 Å². The van der Waals surface area contributed by atoms with E-state index in [9.17, 15) is 9.59 Å². The average molecular weight is 502 g/mol. The Bertz CT molecular complexity index is 1500. The van der Waals surface area contributed by atoms with Crippen LogP contribution in [0.25, 0.3) is 10.9 Å². The van der Waals surface area contributed by atoms with Gasteiger partial charge in [0.1, 0.15) is 6.04 Å². The molecule has 0 spiro atoms. The second-order valence-corrected chi connectivity index (χ2v) is 9.74. The van der Waals surface area contributed by atoms with Crippen LogP contribution in [0.2, 0.25) is 0 Å². The quantitative estimate of drug-likeness (QED) is 0.234. The van der Waals surface area contributed by atoms with Crippen LogP contribution in [0.4, 0.5) is 5.69 Å². The first-order chi connectivity index (χ1) is 18.5. The van der Waals surface area contributed by atoms with Crippen molar-refractivity contribution in [3.05, 3.63) is 137 Å². The van der Waals surface area contributed by atoms with Gasteiger partial charge < -0.3 is 15.6 Å². The zero-order valence-corrected chi connectivity index (χ0v) is 21.6. The van der Waals surface area contributed by atoms with Crippen molar-refractivity contribution in [3.8, 4) is 0 Å². The highest BCUT2D eigenvalue weighted by atomic mass is 16.2. The number of nitrogens with one attached hydrogen (secondary N) is 3. The number of carbonyl (C=O) groups excluding carboxylic acids is 2. The molecule has 38 heavy (non-hydrogen) atoms. The predicted octanol–water partition coefficient (Wildman–Crippen LogP) is 6.28. The number of H-pyrrole nitrogens is 1.